The Morgan fingerprint density at radius 1 is 0.913 bits per heavy atom. The van der Waals surface area contributed by atoms with Crippen LogP contribution in [0, 0.1) is 5.41 Å². The Bertz CT molecular complexity index is 647. The summed E-state index contributed by atoms with van der Waals surface area (Å²) in [6.07, 6.45) is 2.03. The van der Waals surface area contributed by atoms with Gasteiger partial charge in [0.15, 0.2) is 5.78 Å². The lowest BCUT2D eigenvalue weighted by Gasteiger charge is -2.52. The van der Waals surface area contributed by atoms with E-state index in [1.807, 2.05) is 12.1 Å². The van der Waals surface area contributed by atoms with E-state index in [0.29, 0.717) is 5.78 Å². The van der Waals surface area contributed by atoms with Crippen molar-refractivity contribution in [2.24, 2.45) is 5.41 Å². The van der Waals surface area contributed by atoms with Crippen LogP contribution in [0.15, 0.2) is 60.7 Å². The summed E-state index contributed by atoms with van der Waals surface area (Å²) in [4.78, 5) is 15.7. The number of piperidine rings is 3. The smallest absolute Gasteiger partial charge is 0.156 e. The monoisotopic (exact) mass is 305 g/mol. The molecule has 3 aliphatic heterocycles. The van der Waals surface area contributed by atoms with E-state index < -0.39 is 0 Å². The molecular weight excluding hydrogens is 282 g/mol. The highest BCUT2D eigenvalue weighted by molar-refractivity contribution is 5.92. The molecule has 0 saturated carbocycles. The van der Waals surface area contributed by atoms with Gasteiger partial charge in [-0.25, -0.2) is 0 Å². The Morgan fingerprint density at radius 2 is 1.39 bits per heavy atom. The molecule has 0 aliphatic carbocycles. The van der Waals surface area contributed by atoms with E-state index in [4.69, 9.17) is 0 Å². The third kappa shape index (κ3) is 2.42. The Balaban J connectivity index is 1.81. The molecule has 2 aromatic rings. The van der Waals surface area contributed by atoms with Crippen molar-refractivity contribution >= 4 is 5.78 Å². The molecule has 3 aliphatic rings. The number of benzene rings is 2. The highest BCUT2D eigenvalue weighted by Gasteiger charge is 2.51. The quantitative estimate of drug-likeness (QED) is 0.858. The molecule has 3 heterocycles. The van der Waals surface area contributed by atoms with Crippen molar-refractivity contribution in [3.63, 3.8) is 0 Å². The fraction of sp³-hybridized carbons (Fsp3) is 0.381. The lowest BCUT2D eigenvalue weighted by molar-refractivity contribution is -0.146. The summed E-state index contributed by atoms with van der Waals surface area (Å²) in [5.41, 5.74) is 2.36. The lowest BCUT2D eigenvalue weighted by atomic mass is 9.65. The van der Waals surface area contributed by atoms with Crippen LogP contribution in [-0.4, -0.2) is 29.8 Å². The number of carbonyl (C=O) groups is 1. The van der Waals surface area contributed by atoms with Crippen LogP contribution in [0.25, 0.3) is 0 Å². The highest BCUT2D eigenvalue weighted by atomic mass is 16.1. The van der Waals surface area contributed by atoms with E-state index in [1.165, 1.54) is 11.1 Å². The van der Waals surface area contributed by atoms with E-state index in [1.54, 1.807) is 0 Å². The molecule has 1 unspecified atom stereocenters. The number of hydrogen-bond donors (Lipinski definition) is 0. The summed E-state index contributed by atoms with van der Waals surface area (Å²) in [5.74, 6) is 0.567. The van der Waals surface area contributed by atoms with E-state index in [0.717, 1.165) is 25.9 Å². The van der Waals surface area contributed by atoms with Crippen LogP contribution in [-0.2, 0) is 4.79 Å². The molecular formula is C21H23NO. The maximum Gasteiger partial charge on any atom is 0.156 e. The normalized spacial score (nSPS) is 29.9. The molecule has 2 heteroatoms. The van der Waals surface area contributed by atoms with Gasteiger partial charge in [0.2, 0.25) is 0 Å². The number of Topliss-reactive ketones (excluding diaryl/α,β-unsaturated/α-hetero) is 1. The molecule has 118 valence electrons. The van der Waals surface area contributed by atoms with Crippen LogP contribution in [0.3, 0.4) is 0 Å². The molecule has 23 heavy (non-hydrogen) atoms. The average molecular weight is 305 g/mol. The van der Waals surface area contributed by atoms with Gasteiger partial charge in [0.1, 0.15) is 0 Å². The average Bonchev–Trinajstić information content (AvgIpc) is 2.60. The largest absolute Gasteiger partial charge is 0.297 e. The summed E-state index contributed by atoms with van der Waals surface area (Å²) < 4.78 is 0. The predicted molar refractivity (Wildman–Crippen MR) is 92.4 cm³/mol. The zero-order valence-electron chi connectivity index (χ0n) is 13.6. The van der Waals surface area contributed by atoms with Gasteiger partial charge in [-0.05, 0) is 37.1 Å². The fourth-order valence-corrected chi connectivity index (χ4v) is 4.30. The van der Waals surface area contributed by atoms with Gasteiger partial charge >= 0.3 is 0 Å². The predicted octanol–water partition coefficient (Wildman–Crippen LogP) is 3.87. The van der Waals surface area contributed by atoms with Gasteiger partial charge < -0.3 is 0 Å². The second-order valence-electron chi connectivity index (χ2n) is 7.20. The summed E-state index contributed by atoms with van der Waals surface area (Å²) in [7, 11) is 0. The Morgan fingerprint density at radius 3 is 1.87 bits per heavy atom. The van der Waals surface area contributed by atoms with Crippen LogP contribution in [0.5, 0.6) is 0 Å². The standard InChI is InChI=1S/C21H23NO/c1-21-12-14-22(15-13-21)19(20(21)23)18(16-8-4-2-5-9-16)17-10-6-3-7-11-17/h2-11,18-19H,12-15H2,1H3. The van der Waals surface area contributed by atoms with E-state index in [9.17, 15) is 4.79 Å². The zero-order chi connectivity index (χ0) is 15.9. The van der Waals surface area contributed by atoms with Crippen molar-refractivity contribution in [2.75, 3.05) is 13.1 Å². The maximum atomic E-state index is 13.3. The Labute approximate surface area is 138 Å². The van der Waals surface area contributed by atoms with Crippen molar-refractivity contribution in [1.29, 1.82) is 0 Å². The first-order chi connectivity index (χ1) is 11.2. The summed E-state index contributed by atoms with van der Waals surface area (Å²) in [5, 5.41) is 0. The van der Waals surface area contributed by atoms with Crippen LogP contribution < -0.4 is 0 Å². The number of carbonyl (C=O) groups excluding carboxylic acids is 1. The minimum atomic E-state index is -0.124. The molecule has 0 spiro atoms. The van der Waals surface area contributed by atoms with Crippen LogP contribution in [0.1, 0.15) is 36.8 Å². The number of ketones is 1. The van der Waals surface area contributed by atoms with Crippen molar-refractivity contribution in [2.45, 2.75) is 31.7 Å². The minimum Gasteiger partial charge on any atom is -0.297 e. The second-order valence-corrected chi connectivity index (χ2v) is 7.20. The minimum absolute atomic E-state index is 0.0210. The molecule has 0 radical (unpaired) electrons. The van der Waals surface area contributed by atoms with Gasteiger partial charge in [0, 0.05) is 11.3 Å². The first-order valence-corrected chi connectivity index (χ1v) is 8.57. The lowest BCUT2D eigenvalue weighted by Crippen LogP contribution is -2.62. The maximum absolute atomic E-state index is 13.3. The van der Waals surface area contributed by atoms with Crippen molar-refractivity contribution in [3.8, 4) is 0 Å². The van der Waals surface area contributed by atoms with Gasteiger partial charge in [-0.3, -0.25) is 9.69 Å². The second kappa shape index (κ2) is 5.61. The van der Waals surface area contributed by atoms with Crippen molar-refractivity contribution < 1.29 is 4.79 Å². The van der Waals surface area contributed by atoms with Crippen LogP contribution in [0.4, 0.5) is 0 Å². The van der Waals surface area contributed by atoms with Crippen molar-refractivity contribution in [3.05, 3.63) is 71.8 Å². The van der Waals surface area contributed by atoms with Crippen LogP contribution in [0.2, 0.25) is 0 Å². The summed E-state index contributed by atoms with van der Waals surface area (Å²) in [6.45, 7) is 4.26. The molecule has 2 aromatic carbocycles. The molecule has 0 aromatic heterocycles. The third-order valence-corrected chi connectivity index (χ3v) is 5.79. The number of nitrogens with zero attached hydrogens (tertiary/aromatic N) is 1. The fourth-order valence-electron chi connectivity index (χ4n) is 4.30. The first kappa shape index (κ1) is 14.6. The summed E-state index contributed by atoms with van der Waals surface area (Å²) in [6, 6.07) is 21.0. The molecule has 5 rings (SSSR count). The van der Waals surface area contributed by atoms with E-state index in [2.05, 4.69) is 60.4 Å². The molecule has 2 nitrogen and oxygen atoms in total. The Hall–Kier alpha value is -1.93. The van der Waals surface area contributed by atoms with Gasteiger partial charge in [-0.2, -0.15) is 0 Å². The van der Waals surface area contributed by atoms with Gasteiger partial charge in [-0.1, -0.05) is 67.6 Å². The third-order valence-electron chi connectivity index (χ3n) is 5.79. The van der Waals surface area contributed by atoms with Crippen molar-refractivity contribution in [1.82, 2.24) is 4.90 Å². The van der Waals surface area contributed by atoms with E-state index >= 15 is 0 Å². The van der Waals surface area contributed by atoms with Gasteiger partial charge in [-0.15, -0.1) is 0 Å². The zero-order valence-corrected chi connectivity index (χ0v) is 13.6. The molecule has 3 saturated heterocycles. The molecule has 3 fully saturated rings. The molecule has 0 N–H and O–H groups in total. The van der Waals surface area contributed by atoms with Gasteiger partial charge in [0.25, 0.3) is 0 Å². The number of fused-ring (bicyclic) bond motifs is 3. The first-order valence-electron chi connectivity index (χ1n) is 8.57. The SMILES string of the molecule is CC12CCN(CC1)C(C(c1ccccc1)c1ccccc1)C2=O. The van der Waals surface area contributed by atoms with Crippen LogP contribution >= 0.6 is 0 Å². The topological polar surface area (TPSA) is 20.3 Å². The highest BCUT2D eigenvalue weighted by Crippen LogP contribution is 2.45. The molecule has 0 amide bonds. The summed E-state index contributed by atoms with van der Waals surface area (Å²) >= 11 is 0. The number of rotatable bonds is 3. The van der Waals surface area contributed by atoms with Gasteiger partial charge in [0.05, 0.1) is 6.04 Å². The van der Waals surface area contributed by atoms with E-state index in [-0.39, 0.29) is 17.4 Å². The number of hydrogen-bond acceptors (Lipinski definition) is 2. The Kier molecular flexibility index (Phi) is 3.57. The molecule has 2 bridgehead atoms. The molecule has 1 atom stereocenters.